The van der Waals surface area contributed by atoms with E-state index in [0.29, 0.717) is 12.6 Å². The predicted octanol–water partition coefficient (Wildman–Crippen LogP) is 4.50. The van der Waals surface area contributed by atoms with Crippen LogP contribution in [0.5, 0.6) is 5.75 Å². The summed E-state index contributed by atoms with van der Waals surface area (Å²) in [4.78, 5) is 19.9. The van der Waals surface area contributed by atoms with Crippen molar-refractivity contribution in [2.24, 2.45) is 0 Å². The molecule has 0 bridgehead atoms. The molecule has 0 spiro atoms. The van der Waals surface area contributed by atoms with Crippen molar-refractivity contribution in [2.45, 2.75) is 44.7 Å². The van der Waals surface area contributed by atoms with E-state index in [1.165, 1.54) is 19.3 Å². The van der Waals surface area contributed by atoms with Crippen LogP contribution in [0.4, 0.5) is 0 Å². The lowest BCUT2D eigenvalue weighted by atomic mass is 9.94. The third-order valence-electron chi connectivity index (χ3n) is 5.79. The molecule has 1 aliphatic rings. The van der Waals surface area contributed by atoms with Gasteiger partial charge in [-0.1, -0.05) is 43.5 Å². The Balaban J connectivity index is 1.69. The Morgan fingerprint density at radius 1 is 1.14 bits per heavy atom. The lowest BCUT2D eigenvalue weighted by molar-refractivity contribution is -0.133. The first-order valence-electron chi connectivity index (χ1n) is 10.0. The average molecular weight is 377 g/mol. The summed E-state index contributed by atoms with van der Waals surface area (Å²) < 4.78 is 7.41. The fourth-order valence-corrected chi connectivity index (χ4v) is 4.14. The number of benzene rings is 2. The van der Waals surface area contributed by atoms with Gasteiger partial charge in [-0.05, 0) is 37.1 Å². The maximum absolute atomic E-state index is 13.1. The van der Waals surface area contributed by atoms with E-state index in [9.17, 15) is 4.79 Å². The quantitative estimate of drug-likeness (QED) is 0.658. The molecule has 5 heteroatoms. The van der Waals surface area contributed by atoms with Gasteiger partial charge in [0.25, 0.3) is 0 Å². The van der Waals surface area contributed by atoms with E-state index >= 15 is 0 Å². The van der Waals surface area contributed by atoms with Crippen LogP contribution in [-0.2, 0) is 11.3 Å². The van der Waals surface area contributed by atoms with Gasteiger partial charge in [0, 0.05) is 18.7 Å². The number of hydrogen-bond donors (Lipinski definition) is 0. The number of nitrogens with zero attached hydrogens (tertiary/aromatic N) is 3. The molecule has 0 N–H and O–H groups in total. The van der Waals surface area contributed by atoms with Crippen LogP contribution < -0.4 is 4.74 Å². The molecule has 1 aromatic heterocycles. The van der Waals surface area contributed by atoms with E-state index in [1.807, 2.05) is 65.0 Å². The molecule has 0 atom stereocenters. The minimum atomic E-state index is 0.138. The first kappa shape index (κ1) is 18.5. The highest BCUT2D eigenvalue weighted by molar-refractivity contribution is 5.84. The van der Waals surface area contributed by atoms with Gasteiger partial charge < -0.3 is 14.2 Å². The van der Waals surface area contributed by atoms with Gasteiger partial charge in [-0.15, -0.1) is 0 Å². The molecule has 0 aliphatic heterocycles. The molecule has 1 heterocycles. The van der Waals surface area contributed by atoms with Crippen LogP contribution in [0.25, 0.3) is 22.4 Å². The van der Waals surface area contributed by atoms with Crippen molar-refractivity contribution in [1.82, 2.24) is 14.5 Å². The number of aromatic nitrogens is 2. The zero-order chi connectivity index (χ0) is 19.5. The summed E-state index contributed by atoms with van der Waals surface area (Å²) in [5.41, 5.74) is 2.82. The third kappa shape index (κ3) is 3.61. The Kier molecular flexibility index (Phi) is 5.33. The average Bonchev–Trinajstić information content (AvgIpc) is 3.12. The number of likely N-dealkylation sites (N-methyl/N-ethyl adjacent to an activating group) is 1. The number of carbonyl (C=O) groups is 1. The standard InChI is InChI=1S/C23H27N3O2/c1-25(18-10-4-3-5-11-18)22(27)16-26-21-14-7-6-13-20(21)24-23(26)17-9-8-12-19(15-17)28-2/h6-9,12-15,18H,3-5,10-11,16H2,1-2H3. The summed E-state index contributed by atoms with van der Waals surface area (Å²) in [5, 5.41) is 0. The fourth-order valence-electron chi connectivity index (χ4n) is 4.14. The summed E-state index contributed by atoms with van der Waals surface area (Å²) in [5.74, 6) is 1.71. The zero-order valence-corrected chi connectivity index (χ0v) is 16.6. The first-order valence-corrected chi connectivity index (χ1v) is 10.0. The Hall–Kier alpha value is -2.82. The number of fused-ring (bicyclic) bond motifs is 1. The second-order valence-electron chi connectivity index (χ2n) is 7.54. The molecule has 1 amide bonds. The Morgan fingerprint density at radius 3 is 2.71 bits per heavy atom. The number of imidazole rings is 1. The minimum absolute atomic E-state index is 0.138. The fraction of sp³-hybridized carbons (Fsp3) is 0.391. The van der Waals surface area contributed by atoms with Crippen LogP contribution in [0, 0.1) is 0 Å². The summed E-state index contributed by atoms with van der Waals surface area (Å²) in [6.45, 7) is 0.292. The van der Waals surface area contributed by atoms with Gasteiger partial charge in [0.2, 0.25) is 5.91 Å². The van der Waals surface area contributed by atoms with Crippen molar-refractivity contribution < 1.29 is 9.53 Å². The maximum atomic E-state index is 13.1. The second kappa shape index (κ2) is 8.05. The van der Waals surface area contributed by atoms with Gasteiger partial charge in [0.05, 0.1) is 18.1 Å². The van der Waals surface area contributed by atoms with Crippen LogP contribution in [0.2, 0.25) is 0 Å². The number of amides is 1. The molecule has 1 saturated carbocycles. The SMILES string of the molecule is COc1cccc(-c2nc3ccccc3n2CC(=O)N(C)C2CCCCC2)c1. The molecular weight excluding hydrogens is 350 g/mol. The molecule has 3 aromatic rings. The minimum Gasteiger partial charge on any atom is -0.497 e. The summed E-state index contributed by atoms with van der Waals surface area (Å²) in [6, 6.07) is 16.2. The van der Waals surface area contributed by atoms with Crippen LogP contribution in [0.3, 0.4) is 0 Å². The number of carbonyl (C=O) groups excluding carboxylic acids is 1. The largest absolute Gasteiger partial charge is 0.497 e. The van der Waals surface area contributed by atoms with Crippen LogP contribution in [0.1, 0.15) is 32.1 Å². The van der Waals surface area contributed by atoms with Crippen molar-refractivity contribution in [1.29, 1.82) is 0 Å². The van der Waals surface area contributed by atoms with Gasteiger partial charge in [-0.25, -0.2) is 4.98 Å². The predicted molar refractivity (Wildman–Crippen MR) is 111 cm³/mol. The highest BCUT2D eigenvalue weighted by Gasteiger charge is 2.24. The number of hydrogen-bond acceptors (Lipinski definition) is 3. The number of ether oxygens (including phenoxy) is 1. The van der Waals surface area contributed by atoms with E-state index in [4.69, 9.17) is 9.72 Å². The van der Waals surface area contributed by atoms with Crippen molar-refractivity contribution in [2.75, 3.05) is 14.2 Å². The van der Waals surface area contributed by atoms with E-state index in [0.717, 1.165) is 41.0 Å². The number of methoxy groups -OCH3 is 1. The van der Waals surface area contributed by atoms with Crippen LogP contribution in [0.15, 0.2) is 48.5 Å². The molecule has 4 rings (SSSR count). The molecule has 1 fully saturated rings. The van der Waals surface area contributed by atoms with Crippen molar-refractivity contribution in [3.63, 3.8) is 0 Å². The molecular formula is C23H27N3O2. The molecule has 146 valence electrons. The van der Waals surface area contributed by atoms with E-state index in [1.54, 1.807) is 7.11 Å². The second-order valence-corrected chi connectivity index (χ2v) is 7.54. The highest BCUT2D eigenvalue weighted by Crippen LogP contribution is 2.28. The molecule has 0 radical (unpaired) electrons. The Labute approximate surface area is 165 Å². The molecule has 0 unspecified atom stereocenters. The van der Waals surface area contributed by atoms with Gasteiger partial charge in [-0.3, -0.25) is 4.79 Å². The topological polar surface area (TPSA) is 47.4 Å². The smallest absolute Gasteiger partial charge is 0.242 e. The molecule has 1 aliphatic carbocycles. The lowest BCUT2D eigenvalue weighted by Gasteiger charge is -2.31. The van der Waals surface area contributed by atoms with Gasteiger partial charge in [-0.2, -0.15) is 0 Å². The molecule has 28 heavy (non-hydrogen) atoms. The Bertz CT molecular complexity index is 973. The summed E-state index contributed by atoms with van der Waals surface area (Å²) >= 11 is 0. The maximum Gasteiger partial charge on any atom is 0.242 e. The number of para-hydroxylation sites is 2. The van der Waals surface area contributed by atoms with Crippen molar-refractivity contribution >= 4 is 16.9 Å². The van der Waals surface area contributed by atoms with Crippen LogP contribution in [-0.4, -0.2) is 40.6 Å². The normalized spacial score (nSPS) is 14.9. The van der Waals surface area contributed by atoms with Gasteiger partial charge in [0.15, 0.2) is 0 Å². The first-order chi connectivity index (χ1) is 13.7. The number of rotatable bonds is 5. The van der Waals surface area contributed by atoms with E-state index < -0.39 is 0 Å². The molecule has 0 saturated heterocycles. The summed E-state index contributed by atoms with van der Waals surface area (Å²) in [7, 11) is 3.60. The highest BCUT2D eigenvalue weighted by atomic mass is 16.5. The monoisotopic (exact) mass is 377 g/mol. The van der Waals surface area contributed by atoms with E-state index in [2.05, 4.69) is 0 Å². The third-order valence-corrected chi connectivity index (χ3v) is 5.79. The van der Waals surface area contributed by atoms with Crippen molar-refractivity contribution in [3.8, 4) is 17.1 Å². The molecule has 2 aromatic carbocycles. The lowest BCUT2D eigenvalue weighted by Crippen LogP contribution is -2.40. The Morgan fingerprint density at radius 2 is 1.93 bits per heavy atom. The van der Waals surface area contributed by atoms with Crippen molar-refractivity contribution in [3.05, 3.63) is 48.5 Å². The van der Waals surface area contributed by atoms with E-state index in [-0.39, 0.29) is 5.91 Å². The van der Waals surface area contributed by atoms with Gasteiger partial charge in [0.1, 0.15) is 18.1 Å². The van der Waals surface area contributed by atoms with Gasteiger partial charge >= 0.3 is 0 Å². The summed E-state index contributed by atoms with van der Waals surface area (Å²) in [6.07, 6.45) is 5.92. The van der Waals surface area contributed by atoms with Crippen LogP contribution >= 0.6 is 0 Å². The zero-order valence-electron chi connectivity index (χ0n) is 16.6. The molecule has 5 nitrogen and oxygen atoms in total.